The Morgan fingerprint density at radius 3 is 3.10 bits per heavy atom. The number of nitrogens with zero attached hydrogens (tertiary/aromatic N) is 1. The van der Waals surface area contributed by atoms with Crippen LogP contribution in [0.1, 0.15) is 33.0 Å². The average molecular weight is 327 g/mol. The summed E-state index contributed by atoms with van der Waals surface area (Å²) in [5, 5.41) is 0. The molecule has 0 bridgehead atoms. The van der Waals surface area contributed by atoms with Gasteiger partial charge in [0.15, 0.2) is 0 Å². The van der Waals surface area contributed by atoms with Gasteiger partial charge in [-0.2, -0.15) is 11.8 Å². The van der Waals surface area contributed by atoms with Crippen LogP contribution in [0.15, 0.2) is 6.07 Å². The summed E-state index contributed by atoms with van der Waals surface area (Å²) in [6.07, 6.45) is 3.11. The van der Waals surface area contributed by atoms with E-state index in [1.54, 1.807) is 11.3 Å². The highest BCUT2D eigenvalue weighted by Crippen LogP contribution is 2.32. The second-order valence-corrected chi connectivity index (χ2v) is 8.07. The molecule has 1 aromatic heterocycles. The van der Waals surface area contributed by atoms with Crippen LogP contribution in [0, 0.1) is 5.92 Å². The summed E-state index contributed by atoms with van der Waals surface area (Å²) >= 11 is 8.71. The summed E-state index contributed by atoms with van der Waals surface area (Å²) in [5.74, 6) is 2.58. The highest BCUT2D eigenvalue weighted by atomic mass is 32.2. The molecule has 0 radical (unpaired) electrons. The van der Waals surface area contributed by atoms with Crippen LogP contribution in [0.2, 0.25) is 0 Å². The van der Waals surface area contributed by atoms with Crippen molar-refractivity contribution in [3.63, 3.8) is 0 Å². The summed E-state index contributed by atoms with van der Waals surface area (Å²) in [4.78, 5) is 17.4. The van der Waals surface area contributed by atoms with Crippen LogP contribution in [0.5, 0.6) is 0 Å². The number of likely N-dealkylation sites (tertiary alicyclic amines) is 1. The third kappa shape index (κ3) is 2.87. The lowest BCUT2D eigenvalue weighted by Gasteiger charge is -2.31. The number of hydrogen-bond acceptors (Lipinski definition) is 4. The number of carbonyl (C=O) groups is 1. The van der Waals surface area contributed by atoms with E-state index in [-0.39, 0.29) is 11.8 Å². The van der Waals surface area contributed by atoms with Crippen LogP contribution in [0.4, 0.5) is 0 Å². The van der Waals surface area contributed by atoms with E-state index in [1.165, 1.54) is 16.2 Å². The number of aryl methyl sites for hydroxylation is 1. The van der Waals surface area contributed by atoms with Gasteiger partial charge in [0.2, 0.25) is 0 Å². The molecule has 1 aromatic rings. The summed E-state index contributed by atoms with van der Waals surface area (Å²) < 4.78 is 0. The van der Waals surface area contributed by atoms with E-state index in [1.807, 2.05) is 16.7 Å². The van der Waals surface area contributed by atoms with Crippen molar-refractivity contribution >= 4 is 46.2 Å². The molecule has 0 aromatic carbocycles. The summed E-state index contributed by atoms with van der Waals surface area (Å²) in [7, 11) is 0. The van der Waals surface area contributed by atoms with Crippen molar-refractivity contribution < 1.29 is 4.79 Å². The van der Waals surface area contributed by atoms with Crippen LogP contribution in [0.25, 0.3) is 0 Å². The van der Waals surface area contributed by atoms with Gasteiger partial charge < -0.3 is 10.6 Å². The van der Waals surface area contributed by atoms with Crippen LogP contribution >= 0.6 is 35.3 Å². The smallest absolute Gasteiger partial charge is 0.263 e. The Labute approximate surface area is 132 Å². The molecule has 3 heterocycles. The van der Waals surface area contributed by atoms with Crippen molar-refractivity contribution in [3.05, 3.63) is 21.4 Å². The van der Waals surface area contributed by atoms with Gasteiger partial charge in [0.1, 0.15) is 0 Å². The van der Waals surface area contributed by atoms with Gasteiger partial charge in [-0.1, -0.05) is 12.2 Å². The van der Waals surface area contributed by atoms with E-state index in [0.29, 0.717) is 11.5 Å². The summed E-state index contributed by atoms with van der Waals surface area (Å²) in [5.41, 5.74) is 7.10. The van der Waals surface area contributed by atoms with Gasteiger partial charge in [-0.05, 0) is 36.6 Å². The molecule has 6 heteroatoms. The minimum atomic E-state index is 0.162. The zero-order valence-corrected chi connectivity index (χ0v) is 13.7. The van der Waals surface area contributed by atoms with Crippen molar-refractivity contribution in [3.8, 4) is 0 Å². The normalized spacial score (nSPS) is 22.4. The largest absolute Gasteiger partial charge is 0.393 e. The van der Waals surface area contributed by atoms with Crippen molar-refractivity contribution in [2.75, 3.05) is 18.8 Å². The van der Waals surface area contributed by atoms with Crippen molar-refractivity contribution in [1.82, 2.24) is 4.90 Å². The zero-order chi connectivity index (χ0) is 14.1. The Morgan fingerprint density at radius 2 is 2.35 bits per heavy atom. The number of amides is 1. The van der Waals surface area contributed by atoms with Crippen LogP contribution < -0.4 is 5.73 Å². The van der Waals surface area contributed by atoms with Gasteiger partial charge in [0.25, 0.3) is 5.91 Å². The molecule has 1 unspecified atom stereocenters. The molecule has 1 amide bonds. The molecule has 3 rings (SSSR count). The number of carbonyl (C=O) groups excluding carboxylic acids is 1. The molecule has 0 aliphatic carbocycles. The Balaban J connectivity index is 1.75. The first-order valence-corrected chi connectivity index (χ1v) is 9.31. The molecule has 1 atom stereocenters. The standard InChI is InChI=1S/C14H18N2OS3/c15-13(18)9-2-1-4-16(7-9)14(17)12-6-10-8-19-5-3-11(10)20-12/h6,9H,1-5,7-8H2,(H2,15,18). The van der Waals surface area contributed by atoms with Crippen LogP contribution in [-0.2, 0) is 12.2 Å². The predicted octanol–water partition coefficient (Wildman–Crippen LogP) is 2.68. The lowest BCUT2D eigenvalue weighted by atomic mass is 9.98. The predicted molar refractivity (Wildman–Crippen MR) is 89.6 cm³/mol. The van der Waals surface area contributed by atoms with E-state index in [9.17, 15) is 4.79 Å². The van der Waals surface area contributed by atoms with E-state index in [4.69, 9.17) is 18.0 Å². The SMILES string of the molecule is NC(=S)C1CCCN(C(=O)c2cc3c(s2)CCSC3)C1. The molecule has 0 spiro atoms. The van der Waals surface area contributed by atoms with Gasteiger partial charge in [0.05, 0.1) is 9.87 Å². The minimum absolute atomic E-state index is 0.162. The van der Waals surface area contributed by atoms with Gasteiger partial charge in [-0.3, -0.25) is 4.79 Å². The fourth-order valence-corrected chi connectivity index (χ4v) is 5.33. The molecule has 2 aliphatic rings. The first-order chi connectivity index (χ1) is 9.65. The third-order valence-electron chi connectivity index (χ3n) is 3.95. The monoisotopic (exact) mass is 326 g/mol. The first kappa shape index (κ1) is 14.4. The van der Waals surface area contributed by atoms with Gasteiger partial charge in [-0.15, -0.1) is 11.3 Å². The van der Waals surface area contributed by atoms with Crippen molar-refractivity contribution in [1.29, 1.82) is 0 Å². The number of thiocarbonyl (C=S) groups is 1. The second-order valence-electron chi connectivity index (χ2n) is 5.35. The summed E-state index contributed by atoms with van der Waals surface area (Å²) in [6, 6.07) is 2.10. The number of hydrogen-bond donors (Lipinski definition) is 1. The molecule has 1 saturated heterocycles. The molecule has 2 N–H and O–H groups in total. The number of piperidine rings is 1. The molecular formula is C14H18N2OS3. The first-order valence-electron chi connectivity index (χ1n) is 6.93. The van der Waals surface area contributed by atoms with Crippen molar-refractivity contribution in [2.24, 2.45) is 11.7 Å². The Morgan fingerprint density at radius 1 is 1.50 bits per heavy atom. The van der Waals surface area contributed by atoms with Crippen LogP contribution in [-0.4, -0.2) is 34.6 Å². The van der Waals surface area contributed by atoms with E-state index in [2.05, 4.69) is 6.07 Å². The van der Waals surface area contributed by atoms with E-state index < -0.39 is 0 Å². The maximum Gasteiger partial charge on any atom is 0.263 e. The zero-order valence-electron chi connectivity index (χ0n) is 11.3. The highest BCUT2D eigenvalue weighted by Gasteiger charge is 2.27. The fourth-order valence-electron chi connectivity index (χ4n) is 2.80. The molecule has 1 fully saturated rings. The topological polar surface area (TPSA) is 46.3 Å². The molecule has 0 saturated carbocycles. The maximum absolute atomic E-state index is 12.6. The molecule has 20 heavy (non-hydrogen) atoms. The molecule has 3 nitrogen and oxygen atoms in total. The molecule has 2 aliphatic heterocycles. The number of thiophene rings is 1. The lowest BCUT2D eigenvalue weighted by molar-refractivity contribution is 0.0708. The Hall–Kier alpha value is -0.590. The fraction of sp³-hybridized carbons (Fsp3) is 0.571. The van der Waals surface area contributed by atoms with Gasteiger partial charge in [0, 0.05) is 29.6 Å². The average Bonchev–Trinajstić information content (AvgIpc) is 2.90. The van der Waals surface area contributed by atoms with Gasteiger partial charge in [-0.25, -0.2) is 0 Å². The number of nitrogens with two attached hydrogens (primary N) is 1. The minimum Gasteiger partial charge on any atom is -0.393 e. The van der Waals surface area contributed by atoms with E-state index in [0.717, 1.165) is 36.4 Å². The number of fused-ring (bicyclic) bond motifs is 1. The van der Waals surface area contributed by atoms with Crippen LogP contribution in [0.3, 0.4) is 0 Å². The van der Waals surface area contributed by atoms with Gasteiger partial charge >= 0.3 is 0 Å². The second kappa shape index (κ2) is 6.03. The Bertz CT molecular complexity index is 517. The summed E-state index contributed by atoms with van der Waals surface area (Å²) in [6.45, 7) is 1.51. The third-order valence-corrected chi connectivity index (χ3v) is 6.52. The van der Waals surface area contributed by atoms with E-state index >= 15 is 0 Å². The Kier molecular flexibility index (Phi) is 4.33. The van der Waals surface area contributed by atoms with Crippen molar-refractivity contribution in [2.45, 2.75) is 25.0 Å². The molecule has 108 valence electrons. The lowest BCUT2D eigenvalue weighted by Crippen LogP contribution is -2.43. The highest BCUT2D eigenvalue weighted by molar-refractivity contribution is 7.98. The molecular weight excluding hydrogens is 308 g/mol. The number of rotatable bonds is 2. The quantitative estimate of drug-likeness (QED) is 0.849. The number of thioether (sulfide) groups is 1. The maximum atomic E-state index is 12.6.